The molecule has 1 aliphatic carbocycles. The normalized spacial score (nSPS) is 18.1. The van der Waals surface area contributed by atoms with Gasteiger partial charge in [0.05, 0.1) is 17.7 Å². The summed E-state index contributed by atoms with van der Waals surface area (Å²) >= 11 is 0. The standard InChI is InChI=1S/C14H22N2O2/c1-2-5-11(14(17)18)10-12-8-9-16(15-12)13-6-3-4-7-13/h8-9,11,13H,2-7,10H2,1H3,(H,17,18). The van der Waals surface area contributed by atoms with Gasteiger partial charge < -0.3 is 5.11 Å². The van der Waals surface area contributed by atoms with Crippen molar-refractivity contribution < 1.29 is 9.90 Å². The Morgan fingerprint density at radius 1 is 1.56 bits per heavy atom. The Bertz CT molecular complexity index is 394. The Hall–Kier alpha value is -1.32. The number of hydrogen-bond acceptors (Lipinski definition) is 2. The van der Waals surface area contributed by atoms with E-state index in [9.17, 15) is 4.79 Å². The van der Waals surface area contributed by atoms with E-state index < -0.39 is 5.97 Å². The first-order chi connectivity index (χ1) is 8.70. The highest BCUT2D eigenvalue weighted by Crippen LogP contribution is 2.29. The van der Waals surface area contributed by atoms with E-state index in [1.54, 1.807) is 0 Å². The Labute approximate surface area is 108 Å². The quantitative estimate of drug-likeness (QED) is 0.844. The molecular formula is C14H22N2O2. The van der Waals surface area contributed by atoms with Crippen molar-refractivity contribution in [1.29, 1.82) is 0 Å². The van der Waals surface area contributed by atoms with E-state index in [1.165, 1.54) is 25.7 Å². The summed E-state index contributed by atoms with van der Waals surface area (Å²) in [7, 11) is 0. The van der Waals surface area contributed by atoms with Crippen LogP contribution in [0.5, 0.6) is 0 Å². The number of carboxylic acids is 1. The molecule has 1 aliphatic rings. The Morgan fingerprint density at radius 3 is 2.89 bits per heavy atom. The van der Waals surface area contributed by atoms with E-state index in [1.807, 2.05) is 23.9 Å². The molecule has 4 heteroatoms. The summed E-state index contributed by atoms with van der Waals surface area (Å²) in [6, 6.07) is 2.51. The lowest BCUT2D eigenvalue weighted by Crippen LogP contribution is -2.17. The highest BCUT2D eigenvalue weighted by atomic mass is 16.4. The van der Waals surface area contributed by atoms with Crippen molar-refractivity contribution in [1.82, 2.24) is 9.78 Å². The van der Waals surface area contributed by atoms with Crippen LogP contribution < -0.4 is 0 Å². The van der Waals surface area contributed by atoms with E-state index in [2.05, 4.69) is 5.10 Å². The minimum absolute atomic E-state index is 0.290. The van der Waals surface area contributed by atoms with Gasteiger partial charge in [-0.1, -0.05) is 26.2 Å². The average molecular weight is 250 g/mol. The SMILES string of the molecule is CCCC(Cc1ccn(C2CCCC2)n1)C(=O)O. The first-order valence-electron chi connectivity index (χ1n) is 6.97. The lowest BCUT2D eigenvalue weighted by molar-refractivity contribution is -0.142. The number of aromatic nitrogens is 2. The number of carbonyl (C=O) groups is 1. The second-order valence-electron chi connectivity index (χ2n) is 5.25. The molecule has 1 atom stereocenters. The third-order valence-corrected chi connectivity index (χ3v) is 3.80. The van der Waals surface area contributed by atoms with Gasteiger partial charge in [0.1, 0.15) is 0 Å². The van der Waals surface area contributed by atoms with Crippen molar-refractivity contribution in [3.63, 3.8) is 0 Å². The maximum Gasteiger partial charge on any atom is 0.306 e. The fraction of sp³-hybridized carbons (Fsp3) is 0.714. The fourth-order valence-corrected chi connectivity index (χ4v) is 2.77. The van der Waals surface area contributed by atoms with Crippen LogP contribution in [0.4, 0.5) is 0 Å². The van der Waals surface area contributed by atoms with Gasteiger partial charge in [-0.3, -0.25) is 9.48 Å². The molecule has 0 bridgehead atoms. The first-order valence-corrected chi connectivity index (χ1v) is 6.97. The summed E-state index contributed by atoms with van der Waals surface area (Å²) in [6.45, 7) is 2.02. The summed E-state index contributed by atoms with van der Waals surface area (Å²) in [6.07, 6.45) is 9.18. The Kier molecular flexibility index (Phi) is 4.39. The van der Waals surface area contributed by atoms with Crippen molar-refractivity contribution >= 4 is 5.97 Å². The molecule has 100 valence electrons. The van der Waals surface area contributed by atoms with Crippen LogP contribution in [0, 0.1) is 5.92 Å². The predicted molar refractivity (Wildman–Crippen MR) is 69.5 cm³/mol. The fourth-order valence-electron chi connectivity index (χ4n) is 2.77. The van der Waals surface area contributed by atoms with Crippen molar-refractivity contribution in [2.75, 3.05) is 0 Å². The smallest absolute Gasteiger partial charge is 0.306 e. The molecule has 0 aliphatic heterocycles. The molecule has 0 aromatic carbocycles. The van der Waals surface area contributed by atoms with E-state index in [0.717, 1.165) is 18.5 Å². The highest BCUT2D eigenvalue weighted by molar-refractivity contribution is 5.70. The minimum atomic E-state index is -0.702. The molecule has 0 saturated heterocycles. The monoisotopic (exact) mass is 250 g/mol. The molecule has 0 radical (unpaired) electrons. The van der Waals surface area contributed by atoms with Gasteiger partial charge in [-0.05, 0) is 25.3 Å². The van der Waals surface area contributed by atoms with Gasteiger partial charge in [-0.25, -0.2) is 0 Å². The van der Waals surface area contributed by atoms with Crippen LogP contribution in [0.15, 0.2) is 12.3 Å². The van der Waals surface area contributed by atoms with Gasteiger partial charge in [0.2, 0.25) is 0 Å². The molecule has 1 saturated carbocycles. The maximum atomic E-state index is 11.1. The zero-order valence-electron chi connectivity index (χ0n) is 11.0. The van der Waals surface area contributed by atoms with Crippen molar-refractivity contribution in [2.24, 2.45) is 5.92 Å². The molecule has 0 amide bonds. The Morgan fingerprint density at radius 2 is 2.28 bits per heavy atom. The zero-order valence-corrected chi connectivity index (χ0v) is 11.0. The number of nitrogens with zero attached hydrogens (tertiary/aromatic N) is 2. The van der Waals surface area contributed by atoms with Crippen LogP contribution in [0.1, 0.15) is 57.2 Å². The molecule has 1 N–H and O–H groups in total. The summed E-state index contributed by atoms with van der Waals surface area (Å²) < 4.78 is 2.03. The maximum absolute atomic E-state index is 11.1. The lowest BCUT2D eigenvalue weighted by Gasteiger charge is -2.10. The van der Waals surface area contributed by atoms with Crippen molar-refractivity contribution in [3.05, 3.63) is 18.0 Å². The van der Waals surface area contributed by atoms with Crippen LogP contribution >= 0.6 is 0 Å². The molecular weight excluding hydrogens is 228 g/mol. The minimum Gasteiger partial charge on any atom is -0.481 e. The van der Waals surface area contributed by atoms with Crippen LogP contribution in [-0.4, -0.2) is 20.9 Å². The van der Waals surface area contributed by atoms with Crippen LogP contribution in [0.3, 0.4) is 0 Å². The number of hydrogen-bond donors (Lipinski definition) is 1. The first kappa shape index (κ1) is 13.1. The second-order valence-corrected chi connectivity index (χ2v) is 5.25. The van der Waals surface area contributed by atoms with Gasteiger partial charge in [0.25, 0.3) is 0 Å². The lowest BCUT2D eigenvalue weighted by atomic mass is 9.98. The average Bonchev–Trinajstić information content (AvgIpc) is 2.98. The number of aliphatic carboxylic acids is 1. The number of rotatable bonds is 6. The van der Waals surface area contributed by atoms with E-state index in [0.29, 0.717) is 12.5 Å². The molecule has 1 fully saturated rings. The van der Waals surface area contributed by atoms with Gasteiger partial charge in [0, 0.05) is 12.6 Å². The van der Waals surface area contributed by atoms with E-state index in [-0.39, 0.29) is 5.92 Å². The van der Waals surface area contributed by atoms with Crippen molar-refractivity contribution in [3.8, 4) is 0 Å². The highest BCUT2D eigenvalue weighted by Gasteiger charge is 2.20. The Balaban J connectivity index is 1.98. The molecule has 18 heavy (non-hydrogen) atoms. The van der Waals surface area contributed by atoms with E-state index >= 15 is 0 Å². The third kappa shape index (κ3) is 3.12. The van der Waals surface area contributed by atoms with Crippen LogP contribution in [-0.2, 0) is 11.2 Å². The van der Waals surface area contributed by atoms with Crippen molar-refractivity contribution in [2.45, 2.75) is 57.9 Å². The second kappa shape index (κ2) is 6.03. The summed E-state index contributed by atoms with van der Waals surface area (Å²) in [4.78, 5) is 11.1. The molecule has 2 rings (SSSR count). The largest absolute Gasteiger partial charge is 0.481 e. The topological polar surface area (TPSA) is 55.1 Å². The molecule has 1 unspecified atom stereocenters. The van der Waals surface area contributed by atoms with Gasteiger partial charge in [-0.2, -0.15) is 5.10 Å². The van der Waals surface area contributed by atoms with E-state index in [4.69, 9.17) is 5.11 Å². The molecule has 1 aromatic heterocycles. The van der Waals surface area contributed by atoms with Gasteiger partial charge in [0.15, 0.2) is 0 Å². The predicted octanol–water partition coefficient (Wildman–Crippen LogP) is 3.04. The third-order valence-electron chi connectivity index (χ3n) is 3.80. The van der Waals surface area contributed by atoms with Crippen LogP contribution in [0.25, 0.3) is 0 Å². The van der Waals surface area contributed by atoms with Crippen LogP contribution in [0.2, 0.25) is 0 Å². The summed E-state index contributed by atoms with van der Waals surface area (Å²) in [5.41, 5.74) is 0.919. The molecule has 0 spiro atoms. The summed E-state index contributed by atoms with van der Waals surface area (Å²) in [5.74, 6) is -0.991. The number of carboxylic acid groups (broad SMARTS) is 1. The van der Waals surface area contributed by atoms with Gasteiger partial charge in [-0.15, -0.1) is 0 Å². The summed E-state index contributed by atoms with van der Waals surface area (Å²) in [5, 5.41) is 13.7. The molecule has 4 nitrogen and oxygen atoms in total. The molecule has 1 heterocycles. The van der Waals surface area contributed by atoms with Gasteiger partial charge >= 0.3 is 5.97 Å². The molecule has 1 aromatic rings. The zero-order chi connectivity index (χ0) is 13.0.